The number of carbonyl (C=O) groups is 1. The normalized spacial score (nSPS) is 25.9. The molecule has 0 aliphatic heterocycles. The Morgan fingerprint density at radius 1 is 1.47 bits per heavy atom. The third-order valence-corrected chi connectivity index (χ3v) is 2.72. The van der Waals surface area contributed by atoms with Crippen LogP contribution in [0.25, 0.3) is 0 Å². The quantitative estimate of drug-likeness (QED) is 0.730. The van der Waals surface area contributed by atoms with Crippen LogP contribution in [0.5, 0.6) is 0 Å². The molecule has 0 spiro atoms. The summed E-state index contributed by atoms with van der Waals surface area (Å²) < 4.78 is 5.29. The molecular formula is C12H23NO2. The molecule has 1 rings (SSSR count). The molecule has 2 unspecified atom stereocenters. The van der Waals surface area contributed by atoms with Gasteiger partial charge in [-0.05, 0) is 39.5 Å². The monoisotopic (exact) mass is 213 g/mol. The second-order valence-corrected chi connectivity index (χ2v) is 6.17. The van der Waals surface area contributed by atoms with Crippen LogP contribution in [-0.2, 0) is 9.53 Å². The standard InChI is InChI=1S/C12H23NO2/c1-8(10(14)15-11(2,3)4)13-9-7-12(9,5)6/h8-9,13H,7H2,1-6H3. The van der Waals surface area contributed by atoms with Gasteiger partial charge < -0.3 is 10.1 Å². The molecule has 1 aliphatic rings. The van der Waals surface area contributed by atoms with Crippen molar-refractivity contribution in [2.24, 2.45) is 5.41 Å². The summed E-state index contributed by atoms with van der Waals surface area (Å²) in [6.45, 7) is 11.9. The number of ether oxygens (including phenoxy) is 1. The van der Waals surface area contributed by atoms with Crippen molar-refractivity contribution in [1.82, 2.24) is 5.32 Å². The highest BCUT2D eigenvalue weighted by atomic mass is 16.6. The molecule has 3 heteroatoms. The maximum absolute atomic E-state index is 11.6. The minimum absolute atomic E-state index is 0.162. The molecule has 0 heterocycles. The molecule has 1 fully saturated rings. The van der Waals surface area contributed by atoms with Crippen molar-refractivity contribution in [1.29, 1.82) is 0 Å². The lowest BCUT2D eigenvalue weighted by Crippen LogP contribution is -2.41. The topological polar surface area (TPSA) is 38.3 Å². The Hall–Kier alpha value is -0.570. The smallest absolute Gasteiger partial charge is 0.323 e. The summed E-state index contributed by atoms with van der Waals surface area (Å²) in [4.78, 5) is 11.6. The third-order valence-electron chi connectivity index (χ3n) is 2.72. The molecule has 1 saturated carbocycles. The first-order valence-corrected chi connectivity index (χ1v) is 5.61. The van der Waals surface area contributed by atoms with Crippen molar-refractivity contribution in [2.75, 3.05) is 0 Å². The Morgan fingerprint density at radius 2 is 1.93 bits per heavy atom. The molecule has 2 atom stereocenters. The molecule has 15 heavy (non-hydrogen) atoms. The zero-order valence-corrected chi connectivity index (χ0v) is 10.7. The van der Waals surface area contributed by atoms with E-state index < -0.39 is 5.60 Å². The van der Waals surface area contributed by atoms with E-state index in [2.05, 4.69) is 19.2 Å². The van der Waals surface area contributed by atoms with Gasteiger partial charge in [-0.1, -0.05) is 13.8 Å². The molecule has 0 aromatic heterocycles. The van der Waals surface area contributed by atoms with Crippen LogP contribution < -0.4 is 5.32 Å². The Bertz CT molecular complexity index is 253. The van der Waals surface area contributed by atoms with Crippen LogP contribution in [0.4, 0.5) is 0 Å². The molecule has 0 bridgehead atoms. The number of hydrogen-bond donors (Lipinski definition) is 1. The molecule has 1 aliphatic carbocycles. The highest BCUT2D eigenvalue weighted by Gasteiger charge is 2.46. The van der Waals surface area contributed by atoms with Crippen LogP contribution in [0.3, 0.4) is 0 Å². The largest absolute Gasteiger partial charge is 0.459 e. The predicted octanol–water partition coefficient (Wildman–Crippen LogP) is 2.10. The van der Waals surface area contributed by atoms with Crippen LogP contribution in [0.2, 0.25) is 0 Å². The van der Waals surface area contributed by atoms with Gasteiger partial charge >= 0.3 is 5.97 Å². The van der Waals surface area contributed by atoms with Gasteiger partial charge in [0.05, 0.1) is 0 Å². The lowest BCUT2D eigenvalue weighted by atomic mass is 10.1. The summed E-state index contributed by atoms with van der Waals surface area (Å²) in [6, 6.07) is 0.246. The number of carbonyl (C=O) groups excluding carboxylic acids is 1. The summed E-state index contributed by atoms with van der Waals surface area (Å²) in [5.74, 6) is -0.162. The van der Waals surface area contributed by atoms with Gasteiger partial charge in [-0.2, -0.15) is 0 Å². The third kappa shape index (κ3) is 3.82. The number of nitrogens with one attached hydrogen (secondary N) is 1. The van der Waals surface area contributed by atoms with Crippen molar-refractivity contribution in [2.45, 2.75) is 65.6 Å². The second-order valence-electron chi connectivity index (χ2n) is 6.17. The fourth-order valence-electron chi connectivity index (χ4n) is 1.51. The van der Waals surface area contributed by atoms with E-state index in [4.69, 9.17) is 4.74 Å². The van der Waals surface area contributed by atoms with Gasteiger partial charge in [0.2, 0.25) is 0 Å². The summed E-state index contributed by atoms with van der Waals surface area (Å²) >= 11 is 0. The molecule has 0 aromatic rings. The average molecular weight is 213 g/mol. The molecule has 1 N–H and O–H groups in total. The summed E-state index contributed by atoms with van der Waals surface area (Å²) in [7, 11) is 0. The first-order chi connectivity index (χ1) is 6.62. The highest BCUT2D eigenvalue weighted by molar-refractivity contribution is 5.75. The van der Waals surface area contributed by atoms with Crippen LogP contribution in [0, 0.1) is 5.41 Å². The zero-order chi connectivity index (χ0) is 11.9. The van der Waals surface area contributed by atoms with E-state index in [1.54, 1.807) is 0 Å². The summed E-state index contributed by atoms with van der Waals surface area (Å²) in [5, 5.41) is 3.29. The van der Waals surface area contributed by atoms with Crippen molar-refractivity contribution in [3.63, 3.8) is 0 Å². The van der Waals surface area contributed by atoms with Crippen molar-refractivity contribution >= 4 is 5.97 Å². The van der Waals surface area contributed by atoms with Gasteiger partial charge in [-0.25, -0.2) is 0 Å². The molecule has 0 amide bonds. The Balaban J connectivity index is 2.35. The van der Waals surface area contributed by atoms with Gasteiger partial charge in [-0.3, -0.25) is 4.79 Å². The van der Waals surface area contributed by atoms with Gasteiger partial charge in [0.1, 0.15) is 11.6 Å². The first-order valence-electron chi connectivity index (χ1n) is 5.61. The Kier molecular flexibility index (Phi) is 3.15. The van der Waals surface area contributed by atoms with E-state index in [0.29, 0.717) is 11.5 Å². The number of esters is 1. The first kappa shape index (κ1) is 12.5. The maximum Gasteiger partial charge on any atom is 0.323 e. The number of rotatable bonds is 3. The van der Waals surface area contributed by atoms with Crippen molar-refractivity contribution < 1.29 is 9.53 Å². The average Bonchev–Trinajstić information content (AvgIpc) is 2.54. The minimum atomic E-state index is -0.397. The lowest BCUT2D eigenvalue weighted by Gasteiger charge is -2.23. The van der Waals surface area contributed by atoms with Gasteiger partial charge in [0, 0.05) is 6.04 Å². The molecule has 88 valence electrons. The van der Waals surface area contributed by atoms with E-state index in [1.165, 1.54) is 0 Å². The molecule has 3 nitrogen and oxygen atoms in total. The highest BCUT2D eigenvalue weighted by Crippen LogP contribution is 2.44. The Morgan fingerprint density at radius 3 is 2.27 bits per heavy atom. The van der Waals surface area contributed by atoms with E-state index in [-0.39, 0.29) is 12.0 Å². The Labute approximate surface area is 92.6 Å². The molecular weight excluding hydrogens is 190 g/mol. The molecule has 0 radical (unpaired) electrons. The van der Waals surface area contributed by atoms with Crippen molar-refractivity contribution in [3.8, 4) is 0 Å². The van der Waals surface area contributed by atoms with E-state index >= 15 is 0 Å². The maximum atomic E-state index is 11.6. The van der Waals surface area contributed by atoms with Gasteiger partial charge in [0.25, 0.3) is 0 Å². The van der Waals surface area contributed by atoms with Gasteiger partial charge in [-0.15, -0.1) is 0 Å². The summed E-state index contributed by atoms with van der Waals surface area (Å²) in [6.07, 6.45) is 1.14. The number of hydrogen-bond acceptors (Lipinski definition) is 3. The minimum Gasteiger partial charge on any atom is -0.459 e. The predicted molar refractivity (Wildman–Crippen MR) is 60.6 cm³/mol. The van der Waals surface area contributed by atoms with Crippen LogP contribution in [-0.4, -0.2) is 23.7 Å². The van der Waals surface area contributed by atoms with Crippen molar-refractivity contribution in [3.05, 3.63) is 0 Å². The zero-order valence-electron chi connectivity index (χ0n) is 10.7. The van der Waals surface area contributed by atoms with Crippen LogP contribution in [0.15, 0.2) is 0 Å². The fourth-order valence-corrected chi connectivity index (χ4v) is 1.51. The van der Waals surface area contributed by atoms with Crippen LogP contribution >= 0.6 is 0 Å². The SMILES string of the molecule is CC(NC1CC1(C)C)C(=O)OC(C)(C)C. The lowest BCUT2D eigenvalue weighted by molar-refractivity contribution is -0.157. The molecule has 0 aromatic carbocycles. The molecule has 0 saturated heterocycles. The summed E-state index contributed by atoms with van der Waals surface area (Å²) in [5.41, 5.74) is -0.0532. The van der Waals surface area contributed by atoms with E-state index in [0.717, 1.165) is 6.42 Å². The van der Waals surface area contributed by atoms with E-state index in [1.807, 2.05) is 27.7 Å². The van der Waals surface area contributed by atoms with E-state index in [9.17, 15) is 4.79 Å². The van der Waals surface area contributed by atoms with Gasteiger partial charge in [0.15, 0.2) is 0 Å². The second kappa shape index (κ2) is 3.78. The van der Waals surface area contributed by atoms with Crippen LogP contribution in [0.1, 0.15) is 48.0 Å². The fraction of sp³-hybridized carbons (Fsp3) is 0.917.